The lowest BCUT2D eigenvalue weighted by molar-refractivity contribution is -0.116. The number of nitrogens with zero attached hydrogens (tertiary/aromatic N) is 2. The van der Waals surface area contributed by atoms with Gasteiger partial charge in [-0.3, -0.25) is 4.79 Å². The smallest absolute Gasteiger partial charge is 0.244 e. The van der Waals surface area contributed by atoms with Gasteiger partial charge in [-0.1, -0.05) is 48.5 Å². The maximum Gasteiger partial charge on any atom is 0.244 e. The monoisotopic (exact) mass is 397 g/mol. The van der Waals surface area contributed by atoms with Crippen LogP contribution in [0.3, 0.4) is 0 Å². The van der Waals surface area contributed by atoms with Gasteiger partial charge in [-0.05, 0) is 35.9 Å². The SMILES string of the molecule is O=C(Cn1c(/C=C/c2ccccc2)nc2ccccc21)Nc1ccc2c(c1)OCO2. The summed E-state index contributed by atoms with van der Waals surface area (Å²) in [5.41, 5.74) is 3.49. The number of amides is 1. The summed E-state index contributed by atoms with van der Waals surface area (Å²) < 4.78 is 12.6. The van der Waals surface area contributed by atoms with Crippen molar-refractivity contribution in [3.05, 3.63) is 84.2 Å². The van der Waals surface area contributed by atoms with Gasteiger partial charge in [0, 0.05) is 11.8 Å². The first kappa shape index (κ1) is 18.0. The van der Waals surface area contributed by atoms with Gasteiger partial charge in [-0.2, -0.15) is 0 Å². The van der Waals surface area contributed by atoms with Crippen LogP contribution in [0.15, 0.2) is 72.8 Å². The van der Waals surface area contributed by atoms with E-state index in [1.54, 1.807) is 18.2 Å². The first-order valence-electron chi connectivity index (χ1n) is 9.64. The zero-order valence-corrected chi connectivity index (χ0v) is 16.1. The lowest BCUT2D eigenvalue weighted by Gasteiger charge is -2.09. The molecule has 0 fully saturated rings. The third kappa shape index (κ3) is 3.63. The largest absolute Gasteiger partial charge is 0.454 e. The molecule has 30 heavy (non-hydrogen) atoms. The third-order valence-corrected chi connectivity index (χ3v) is 4.87. The van der Waals surface area contributed by atoms with E-state index in [-0.39, 0.29) is 19.2 Å². The number of imidazole rings is 1. The molecule has 0 atom stereocenters. The maximum absolute atomic E-state index is 12.8. The summed E-state index contributed by atoms with van der Waals surface area (Å²) in [5, 5.41) is 2.93. The number of nitrogens with one attached hydrogen (secondary N) is 1. The fourth-order valence-electron chi connectivity index (χ4n) is 3.44. The number of carbonyl (C=O) groups excluding carboxylic acids is 1. The Kier molecular flexibility index (Phi) is 4.65. The Labute approximate surface area is 173 Å². The lowest BCUT2D eigenvalue weighted by Crippen LogP contribution is -2.19. The van der Waals surface area contributed by atoms with Gasteiger partial charge in [0.1, 0.15) is 12.4 Å². The highest BCUT2D eigenvalue weighted by molar-refractivity contribution is 5.92. The topological polar surface area (TPSA) is 65.4 Å². The van der Waals surface area contributed by atoms with Crippen LogP contribution in [0.5, 0.6) is 11.5 Å². The minimum absolute atomic E-state index is 0.142. The van der Waals surface area contributed by atoms with Crippen LogP contribution in [-0.4, -0.2) is 22.3 Å². The summed E-state index contributed by atoms with van der Waals surface area (Å²) >= 11 is 0. The molecule has 3 aromatic carbocycles. The first-order valence-corrected chi connectivity index (χ1v) is 9.64. The van der Waals surface area contributed by atoms with Gasteiger partial charge in [0.25, 0.3) is 0 Å². The second-order valence-corrected chi connectivity index (χ2v) is 6.91. The number of rotatable bonds is 5. The van der Waals surface area contributed by atoms with E-state index in [2.05, 4.69) is 5.32 Å². The predicted octanol–water partition coefficient (Wildman–Crippen LogP) is 4.57. The molecule has 0 unspecified atom stereocenters. The van der Waals surface area contributed by atoms with Crippen molar-refractivity contribution in [2.45, 2.75) is 6.54 Å². The summed E-state index contributed by atoms with van der Waals surface area (Å²) in [4.78, 5) is 17.5. The number of benzene rings is 3. The van der Waals surface area contributed by atoms with Crippen molar-refractivity contribution in [1.82, 2.24) is 9.55 Å². The standard InChI is InChI=1S/C24H19N3O3/c28-24(25-18-11-12-21-22(14-18)30-16-29-21)15-27-20-9-5-4-8-19(20)26-23(27)13-10-17-6-2-1-3-7-17/h1-14H,15-16H2,(H,25,28)/b13-10+. The van der Waals surface area contributed by atoms with Gasteiger partial charge in [0.2, 0.25) is 12.7 Å². The number of ether oxygens (including phenoxy) is 2. The molecule has 0 bridgehead atoms. The quantitative estimate of drug-likeness (QED) is 0.536. The van der Waals surface area contributed by atoms with Gasteiger partial charge in [-0.25, -0.2) is 4.98 Å². The van der Waals surface area contributed by atoms with Crippen LogP contribution in [-0.2, 0) is 11.3 Å². The average Bonchev–Trinajstić information content (AvgIpc) is 3.37. The number of aromatic nitrogens is 2. The van der Waals surface area contributed by atoms with Gasteiger partial charge < -0.3 is 19.4 Å². The molecular formula is C24H19N3O3. The van der Waals surface area contributed by atoms with E-state index in [0.717, 1.165) is 22.4 Å². The van der Waals surface area contributed by atoms with E-state index in [1.165, 1.54) is 0 Å². The van der Waals surface area contributed by atoms with E-state index < -0.39 is 0 Å². The molecule has 1 aliphatic heterocycles. The number of carbonyl (C=O) groups is 1. The number of hydrogen-bond acceptors (Lipinski definition) is 4. The van der Waals surface area contributed by atoms with Crippen LogP contribution in [0.1, 0.15) is 11.4 Å². The van der Waals surface area contributed by atoms with Crippen LogP contribution in [0.25, 0.3) is 23.2 Å². The van der Waals surface area contributed by atoms with Crippen LogP contribution < -0.4 is 14.8 Å². The van der Waals surface area contributed by atoms with Crippen molar-refractivity contribution in [3.8, 4) is 11.5 Å². The Morgan fingerprint density at radius 3 is 2.67 bits per heavy atom. The Hall–Kier alpha value is -4.06. The van der Waals surface area contributed by atoms with E-state index in [4.69, 9.17) is 14.5 Å². The highest BCUT2D eigenvalue weighted by Gasteiger charge is 2.16. The van der Waals surface area contributed by atoms with Crippen molar-refractivity contribution < 1.29 is 14.3 Å². The molecule has 6 nitrogen and oxygen atoms in total. The molecule has 1 N–H and O–H groups in total. The molecule has 2 heterocycles. The van der Waals surface area contributed by atoms with E-state index in [0.29, 0.717) is 17.2 Å². The highest BCUT2D eigenvalue weighted by atomic mass is 16.7. The number of anilines is 1. The minimum atomic E-state index is -0.147. The Morgan fingerprint density at radius 2 is 1.77 bits per heavy atom. The molecule has 0 radical (unpaired) electrons. The van der Waals surface area contributed by atoms with Crippen molar-refractivity contribution in [2.75, 3.05) is 12.1 Å². The van der Waals surface area contributed by atoms with Crippen molar-refractivity contribution >= 4 is 34.8 Å². The Balaban J connectivity index is 1.41. The van der Waals surface area contributed by atoms with Crippen LogP contribution in [0, 0.1) is 0 Å². The van der Waals surface area contributed by atoms with Gasteiger partial charge >= 0.3 is 0 Å². The Morgan fingerprint density at radius 1 is 0.967 bits per heavy atom. The number of para-hydroxylation sites is 2. The molecule has 1 amide bonds. The fraction of sp³-hybridized carbons (Fsp3) is 0.0833. The number of fused-ring (bicyclic) bond motifs is 2. The lowest BCUT2D eigenvalue weighted by atomic mass is 10.2. The van der Waals surface area contributed by atoms with Crippen molar-refractivity contribution in [3.63, 3.8) is 0 Å². The molecule has 0 saturated carbocycles. The number of hydrogen-bond donors (Lipinski definition) is 1. The zero-order valence-electron chi connectivity index (χ0n) is 16.1. The molecule has 5 rings (SSSR count). The molecule has 148 valence electrons. The maximum atomic E-state index is 12.8. The predicted molar refractivity (Wildman–Crippen MR) is 116 cm³/mol. The third-order valence-electron chi connectivity index (χ3n) is 4.87. The van der Waals surface area contributed by atoms with Gasteiger partial charge in [0.15, 0.2) is 11.5 Å². The van der Waals surface area contributed by atoms with E-state index in [9.17, 15) is 4.79 Å². The molecule has 6 heteroatoms. The average molecular weight is 397 g/mol. The van der Waals surface area contributed by atoms with Crippen LogP contribution in [0.2, 0.25) is 0 Å². The highest BCUT2D eigenvalue weighted by Crippen LogP contribution is 2.34. The Bertz CT molecular complexity index is 1250. The molecule has 1 aliphatic rings. The summed E-state index contributed by atoms with van der Waals surface area (Å²) in [6.45, 7) is 0.342. The van der Waals surface area contributed by atoms with Crippen LogP contribution in [0.4, 0.5) is 5.69 Å². The summed E-state index contributed by atoms with van der Waals surface area (Å²) in [7, 11) is 0. The summed E-state index contributed by atoms with van der Waals surface area (Å²) in [5.74, 6) is 1.89. The van der Waals surface area contributed by atoms with Gasteiger partial charge in [-0.15, -0.1) is 0 Å². The van der Waals surface area contributed by atoms with Gasteiger partial charge in [0.05, 0.1) is 11.0 Å². The summed E-state index contributed by atoms with van der Waals surface area (Å²) in [6, 6.07) is 23.2. The fourth-order valence-corrected chi connectivity index (χ4v) is 3.44. The molecule has 4 aromatic rings. The zero-order chi connectivity index (χ0) is 20.3. The molecule has 0 saturated heterocycles. The van der Waals surface area contributed by atoms with E-state index in [1.807, 2.05) is 71.3 Å². The van der Waals surface area contributed by atoms with Crippen molar-refractivity contribution in [2.24, 2.45) is 0 Å². The molecule has 0 aliphatic carbocycles. The second kappa shape index (κ2) is 7.75. The molecular weight excluding hydrogens is 378 g/mol. The second-order valence-electron chi connectivity index (χ2n) is 6.91. The van der Waals surface area contributed by atoms with Crippen molar-refractivity contribution in [1.29, 1.82) is 0 Å². The summed E-state index contributed by atoms with van der Waals surface area (Å²) in [6.07, 6.45) is 3.93. The molecule has 1 aromatic heterocycles. The molecule has 0 spiro atoms. The van der Waals surface area contributed by atoms with E-state index >= 15 is 0 Å². The normalized spacial score (nSPS) is 12.5. The van der Waals surface area contributed by atoms with Crippen LogP contribution >= 0.6 is 0 Å². The first-order chi connectivity index (χ1) is 14.8. The minimum Gasteiger partial charge on any atom is -0.454 e.